The fraction of sp³-hybridized carbons (Fsp3) is 0.923. The van der Waals surface area contributed by atoms with E-state index >= 15 is 0 Å². The first-order valence-electron chi connectivity index (χ1n) is 7.35. The third-order valence-electron chi connectivity index (χ3n) is 4.02. The average Bonchev–Trinajstić information content (AvgIpc) is 3.04. The van der Waals surface area contributed by atoms with Crippen molar-refractivity contribution in [2.45, 2.75) is 45.1 Å². The molecule has 2 saturated heterocycles. The topological polar surface area (TPSA) is 56.9 Å². The maximum atomic E-state index is 5.60. The van der Waals surface area contributed by atoms with Gasteiger partial charge in [0, 0.05) is 25.7 Å². The molecule has 0 bridgehead atoms. The fourth-order valence-electron chi connectivity index (χ4n) is 2.92. The minimum atomic E-state index is 0.706. The van der Waals surface area contributed by atoms with E-state index in [1.54, 1.807) is 0 Å². The van der Waals surface area contributed by atoms with E-state index in [1.165, 1.54) is 38.8 Å². The molecule has 2 heterocycles. The van der Waals surface area contributed by atoms with Gasteiger partial charge in [-0.25, -0.2) is 5.84 Å². The lowest BCUT2D eigenvalue weighted by Crippen LogP contribution is -2.45. The zero-order valence-electron chi connectivity index (χ0n) is 11.6. The van der Waals surface area contributed by atoms with Crippen molar-refractivity contribution in [3.63, 3.8) is 0 Å². The first kappa shape index (κ1) is 13.6. The smallest absolute Gasteiger partial charge is 0.208 e. The van der Waals surface area contributed by atoms with Crippen LogP contribution in [0.2, 0.25) is 0 Å². The van der Waals surface area contributed by atoms with Crippen LogP contribution in [0.25, 0.3) is 0 Å². The van der Waals surface area contributed by atoms with Crippen LogP contribution in [0.5, 0.6) is 0 Å². The molecule has 0 amide bonds. The number of hydrogen-bond donors (Lipinski definition) is 2. The van der Waals surface area contributed by atoms with Crippen LogP contribution in [-0.4, -0.2) is 54.5 Å². The largest absolute Gasteiger partial charge is 0.340 e. The Hall–Kier alpha value is -0.810. The predicted molar refractivity (Wildman–Crippen MR) is 75.3 cm³/mol. The molecule has 1 atom stereocenters. The van der Waals surface area contributed by atoms with Gasteiger partial charge in [-0.2, -0.15) is 0 Å². The number of unbranched alkanes of at least 4 members (excludes halogenated alkanes) is 1. The van der Waals surface area contributed by atoms with E-state index in [2.05, 4.69) is 27.1 Å². The quantitative estimate of drug-likeness (QED) is 0.255. The first-order chi connectivity index (χ1) is 8.85. The number of nitrogens with one attached hydrogen (secondary N) is 1. The molecular weight excluding hydrogens is 226 g/mol. The van der Waals surface area contributed by atoms with Crippen LogP contribution < -0.4 is 11.3 Å². The van der Waals surface area contributed by atoms with Gasteiger partial charge in [0.05, 0.1) is 0 Å². The van der Waals surface area contributed by atoms with Crippen LogP contribution in [0.4, 0.5) is 0 Å². The van der Waals surface area contributed by atoms with Crippen molar-refractivity contribution in [1.82, 2.24) is 15.2 Å². The van der Waals surface area contributed by atoms with Crippen molar-refractivity contribution in [1.29, 1.82) is 0 Å². The Morgan fingerprint density at radius 2 is 2.11 bits per heavy atom. The molecule has 0 aromatic heterocycles. The number of nitrogens with zero attached hydrogens (tertiary/aromatic N) is 3. The lowest BCUT2D eigenvalue weighted by atomic mass is 10.2. The Labute approximate surface area is 110 Å². The highest BCUT2D eigenvalue weighted by Crippen LogP contribution is 2.20. The summed E-state index contributed by atoms with van der Waals surface area (Å²) in [5, 5.41) is 0. The number of hydrazine groups is 1. The minimum absolute atomic E-state index is 0.706. The van der Waals surface area contributed by atoms with Gasteiger partial charge in [-0.3, -0.25) is 15.3 Å². The summed E-state index contributed by atoms with van der Waals surface area (Å²) in [4.78, 5) is 9.49. The zero-order chi connectivity index (χ0) is 12.8. The van der Waals surface area contributed by atoms with Gasteiger partial charge >= 0.3 is 0 Å². The van der Waals surface area contributed by atoms with E-state index in [9.17, 15) is 0 Å². The minimum Gasteiger partial charge on any atom is -0.340 e. The second-order valence-electron chi connectivity index (χ2n) is 5.33. The molecule has 5 nitrogen and oxygen atoms in total. The van der Waals surface area contributed by atoms with E-state index < -0.39 is 0 Å². The molecule has 2 fully saturated rings. The van der Waals surface area contributed by atoms with Gasteiger partial charge in [0.1, 0.15) is 0 Å². The molecule has 0 aromatic rings. The molecule has 104 valence electrons. The van der Waals surface area contributed by atoms with Gasteiger partial charge in [0.25, 0.3) is 0 Å². The molecule has 0 aliphatic carbocycles. The number of nitrogens with two attached hydrogens (primary N) is 1. The Morgan fingerprint density at radius 3 is 2.78 bits per heavy atom. The molecule has 3 N–H and O–H groups in total. The number of rotatable bonds is 4. The van der Waals surface area contributed by atoms with E-state index in [0.29, 0.717) is 6.04 Å². The summed E-state index contributed by atoms with van der Waals surface area (Å²) < 4.78 is 0. The summed E-state index contributed by atoms with van der Waals surface area (Å²) >= 11 is 0. The monoisotopic (exact) mass is 253 g/mol. The molecule has 2 aliphatic heterocycles. The Balaban J connectivity index is 1.83. The number of hydrogen-bond acceptors (Lipinski definition) is 3. The molecule has 18 heavy (non-hydrogen) atoms. The van der Waals surface area contributed by atoms with Crippen LogP contribution in [-0.2, 0) is 0 Å². The van der Waals surface area contributed by atoms with Gasteiger partial charge in [-0.05, 0) is 38.8 Å². The number of aliphatic imine (C=N–C) groups is 1. The lowest BCUT2D eigenvalue weighted by molar-refractivity contribution is 0.249. The molecule has 5 heteroatoms. The summed E-state index contributed by atoms with van der Waals surface area (Å²) in [6.45, 7) is 7.77. The van der Waals surface area contributed by atoms with Crippen molar-refractivity contribution in [2.75, 3.05) is 32.7 Å². The van der Waals surface area contributed by atoms with Gasteiger partial charge in [-0.15, -0.1) is 0 Å². The lowest BCUT2D eigenvalue weighted by Gasteiger charge is -2.24. The van der Waals surface area contributed by atoms with E-state index in [4.69, 9.17) is 5.84 Å². The van der Waals surface area contributed by atoms with Gasteiger partial charge in [0.2, 0.25) is 5.96 Å². The Bertz CT molecular complexity index is 273. The predicted octanol–water partition coefficient (Wildman–Crippen LogP) is 0.776. The van der Waals surface area contributed by atoms with E-state index in [1.807, 2.05) is 0 Å². The summed E-state index contributed by atoms with van der Waals surface area (Å²) in [5.41, 5.74) is 2.77. The summed E-state index contributed by atoms with van der Waals surface area (Å²) in [5.74, 6) is 6.48. The van der Waals surface area contributed by atoms with Crippen LogP contribution in [0.15, 0.2) is 4.99 Å². The van der Waals surface area contributed by atoms with Gasteiger partial charge in [0.15, 0.2) is 0 Å². The normalized spacial score (nSPS) is 26.0. The summed E-state index contributed by atoms with van der Waals surface area (Å²) in [6.07, 6.45) is 6.28. The molecule has 2 rings (SSSR count). The highest BCUT2D eigenvalue weighted by Gasteiger charge is 2.30. The van der Waals surface area contributed by atoms with Crippen molar-refractivity contribution < 1.29 is 0 Å². The highest BCUT2D eigenvalue weighted by atomic mass is 15.4. The van der Waals surface area contributed by atoms with Crippen LogP contribution >= 0.6 is 0 Å². The Kier molecular flexibility index (Phi) is 5.26. The SMILES string of the molecule is CCCCN=C(NN)N1CCC(N2CCCC2)C1. The molecule has 0 radical (unpaired) electrons. The highest BCUT2D eigenvalue weighted by molar-refractivity contribution is 5.79. The summed E-state index contributed by atoms with van der Waals surface area (Å²) in [7, 11) is 0. The van der Waals surface area contributed by atoms with Crippen molar-refractivity contribution in [3.8, 4) is 0 Å². The molecule has 0 saturated carbocycles. The number of guanidine groups is 1. The molecular formula is C13H27N5. The molecule has 0 spiro atoms. The van der Waals surface area contributed by atoms with Crippen LogP contribution in [0, 0.1) is 0 Å². The van der Waals surface area contributed by atoms with Crippen molar-refractivity contribution >= 4 is 5.96 Å². The third-order valence-corrected chi connectivity index (χ3v) is 4.02. The molecule has 2 aliphatic rings. The molecule has 1 unspecified atom stereocenters. The fourth-order valence-corrected chi connectivity index (χ4v) is 2.92. The average molecular weight is 253 g/mol. The Morgan fingerprint density at radius 1 is 1.33 bits per heavy atom. The maximum Gasteiger partial charge on any atom is 0.208 e. The van der Waals surface area contributed by atoms with Crippen molar-refractivity contribution in [3.05, 3.63) is 0 Å². The van der Waals surface area contributed by atoms with Crippen LogP contribution in [0.3, 0.4) is 0 Å². The zero-order valence-corrected chi connectivity index (χ0v) is 11.6. The van der Waals surface area contributed by atoms with E-state index in [0.717, 1.165) is 32.0 Å². The van der Waals surface area contributed by atoms with Crippen LogP contribution in [0.1, 0.15) is 39.0 Å². The summed E-state index contributed by atoms with van der Waals surface area (Å²) in [6, 6.07) is 0.706. The number of likely N-dealkylation sites (tertiary alicyclic amines) is 2. The third kappa shape index (κ3) is 3.36. The second-order valence-corrected chi connectivity index (χ2v) is 5.33. The molecule has 0 aromatic carbocycles. The maximum absolute atomic E-state index is 5.60. The second kappa shape index (κ2) is 6.95. The van der Waals surface area contributed by atoms with E-state index in [-0.39, 0.29) is 0 Å². The van der Waals surface area contributed by atoms with Gasteiger partial charge < -0.3 is 4.90 Å². The first-order valence-corrected chi connectivity index (χ1v) is 7.35. The van der Waals surface area contributed by atoms with Crippen molar-refractivity contribution in [2.24, 2.45) is 10.8 Å². The standard InChI is InChI=1S/C13H27N5/c1-2-3-7-15-13(16-14)18-10-6-12(11-18)17-8-4-5-9-17/h12H,2-11,14H2,1H3,(H,15,16). The van der Waals surface area contributed by atoms with Gasteiger partial charge in [-0.1, -0.05) is 13.3 Å².